The summed E-state index contributed by atoms with van der Waals surface area (Å²) in [5, 5.41) is 14.0. The fourth-order valence-corrected chi connectivity index (χ4v) is 1.82. The van der Waals surface area contributed by atoms with Gasteiger partial charge >= 0.3 is 0 Å². The third-order valence-electron chi connectivity index (χ3n) is 3.47. The van der Waals surface area contributed by atoms with Crippen molar-refractivity contribution in [3.05, 3.63) is 28.3 Å². The highest BCUT2D eigenvalue weighted by Gasteiger charge is 2.10. The van der Waals surface area contributed by atoms with Gasteiger partial charge in [0, 0.05) is 37.0 Å². The van der Waals surface area contributed by atoms with Crippen LogP contribution in [0.15, 0.2) is 18.2 Å². The van der Waals surface area contributed by atoms with Crippen LogP contribution in [0, 0.1) is 10.1 Å². The van der Waals surface area contributed by atoms with E-state index in [1.165, 1.54) is 19.2 Å². The maximum absolute atomic E-state index is 10.8. The Hall–Kier alpha value is -1.82. The molecule has 112 valence electrons. The van der Waals surface area contributed by atoms with Crippen LogP contribution in [0.2, 0.25) is 0 Å². The molecule has 1 rings (SSSR count). The van der Waals surface area contributed by atoms with Crippen molar-refractivity contribution in [2.24, 2.45) is 0 Å². The lowest BCUT2D eigenvalue weighted by molar-refractivity contribution is -0.384. The Kier molecular flexibility index (Phi) is 6.24. The molecule has 0 spiro atoms. The number of nitrogens with one attached hydrogen (secondary N) is 1. The molecule has 1 atom stereocenters. The number of nitro groups is 1. The topological polar surface area (TPSA) is 67.6 Å². The van der Waals surface area contributed by atoms with Gasteiger partial charge in [-0.15, -0.1) is 0 Å². The highest BCUT2D eigenvalue weighted by Crippen LogP contribution is 2.25. The van der Waals surface area contributed by atoms with Crippen molar-refractivity contribution in [2.45, 2.75) is 26.3 Å². The second-order valence-corrected chi connectivity index (χ2v) is 4.84. The van der Waals surface area contributed by atoms with Crippen LogP contribution in [-0.4, -0.2) is 43.1 Å². The molecule has 1 aromatic rings. The summed E-state index contributed by atoms with van der Waals surface area (Å²) >= 11 is 0. The molecule has 0 amide bonds. The van der Waals surface area contributed by atoms with Crippen LogP contribution >= 0.6 is 0 Å². The minimum atomic E-state index is -0.418. The number of ether oxygens (including phenoxy) is 1. The van der Waals surface area contributed by atoms with Crippen molar-refractivity contribution in [1.82, 2.24) is 4.90 Å². The Bertz CT molecular complexity index is 451. The van der Waals surface area contributed by atoms with E-state index < -0.39 is 4.92 Å². The summed E-state index contributed by atoms with van der Waals surface area (Å²) in [6, 6.07) is 5.22. The molecule has 0 aliphatic heterocycles. The van der Waals surface area contributed by atoms with Crippen LogP contribution in [0.1, 0.15) is 20.3 Å². The molecule has 6 heteroatoms. The van der Waals surface area contributed by atoms with Crippen molar-refractivity contribution < 1.29 is 9.66 Å². The van der Waals surface area contributed by atoms with Crippen molar-refractivity contribution >= 4 is 11.4 Å². The third kappa shape index (κ3) is 4.70. The molecule has 0 radical (unpaired) electrons. The highest BCUT2D eigenvalue weighted by atomic mass is 16.6. The first kappa shape index (κ1) is 16.2. The molecule has 6 nitrogen and oxygen atoms in total. The molecule has 1 N–H and O–H groups in total. The van der Waals surface area contributed by atoms with Gasteiger partial charge in [0.05, 0.1) is 18.1 Å². The van der Waals surface area contributed by atoms with Gasteiger partial charge in [0.15, 0.2) is 0 Å². The maximum Gasteiger partial charge on any atom is 0.275 e. The average molecular weight is 281 g/mol. The normalized spacial score (nSPS) is 12.2. The first-order valence-electron chi connectivity index (χ1n) is 6.75. The predicted octanol–water partition coefficient (Wildman–Crippen LogP) is 2.75. The van der Waals surface area contributed by atoms with Gasteiger partial charge in [-0.3, -0.25) is 10.1 Å². The van der Waals surface area contributed by atoms with Crippen molar-refractivity contribution in [3.63, 3.8) is 0 Å². The molecule has 0 bridgehead atoms. The van der Waals surface area contributed by atoms with Gasteiger partial charge in [-0.05, 0) is 20.4 Å². The summed E-state index contributed by atoms with van der Waals surface area (Å²) in [5.41, 5.74) is 0.732. The molecule has 0 aliphatic rings. The van der Waals surface area contributed by atoms with Crippen molar-refractivity contribution in [3.8, 4) is 5.75 Å². The fraction of sp³-hybridized carbons (Fsp3) is 0.571. The minimum absolute atomic E-state index is 0.0298. The number of hydrogen-bond donors (Lipinski definition) is 1. The second kappa shape index (κ2) is 7.69. The van der Waals surface area contributed by atoms with Crippen LogP contribution in [0.25, 0.3) is 0 Å². The molecule has 1 aromatic carbocycles. The van der Waals surface area contributed by atoms with E-state index in [-0.39, 0.29) is 5.69 Å². The maximum atomic E-state index is 10.8. The van der Waals surface area contributed by atoms with E-state index in [1.54, 1.807) is 6.07 Å². The van der Waals surface area contributed by atoms with E-state index in [0.29, 0.717) is 17.5 Å². The van der Waals surface area contributed by atoms with Crippen LogP contribution in [0.3, 0.4) is 0 Å². The molecule has 20 heavy (non-hydrogen) atoms. The number of rotatable bonds is 8. The van der Waals surface area contributed by atoms with Gasteiger partial charge in [0.2, 0.25) is 0 Å². The first-order chi connectivity index (χ1) is 9.47. The number of methoxy groups -OCH3 is 1. The molecule has 0 aromatic heterocycles. The van der Waals surface area contributed by atoms with E-state index in [2.05, 4.69) is 31.1 Å². The Morgan fingerprint density at radius 3 is 2.70 bits per heavy atom. The number of likely N-dealkylation sites (N-methyl/N-ethyl adjacent to an activating group) is 1. The van der Waals surface area contributed by atoms with E-state index in [1.807, 2.05) is 0 Å². The number of non-ortho nitro benzene ring substituents is 1. The van der Waals surface area contributed by atoms with Gasteiger partial charge in [-0.25, -0.2) is 0 Å². The smallest absolute Gasteiger partial charge is 0.275 e. The zero-order chi connectivity index (χ0) is 15.1. The number of anilines is 1. The van der Waals surface area contributed by atoms with Crippen LogP contribution in [0.5, 0.6) is 5.75 Å². The van der Waals surface area contributed by atoms with Gasteiger partial charge in [0.1, 0.15) is 5.75 Å². The van der Waals surface area contributed by atoms with Gasteiger partial charge < -0.3 is 15.0 Å². The molecule has 0 heterocycles. The molecular formula is C14H23N3O3. The molecule has 0 aliphatic carbocycles. The molecule has 0 saturated carbocycles. The van der Waals surface area contributed by atoms with Crippen LogP contribution in [0.4, 0.5) is 11.4 Å². The number of nitro benzene ring substituents is 1. The summed E-state index contributed by atoms with van der Waals surface area (Å²) in [4.78, 5) is 12.7. The standard InChI is InChI=1S/C14H23N3O3/c1-5-11(2)16(3)7-6-15-12-8-13(17(18)19)10-14(9-12)20-4/h8-11,15H,5-7H2,1-4H3. The lowest BCUT2D eigenvalue weighted by Gasteiger charge is -2.23. The molecule has 0 saturated heterocycles. The summed E-state index contributed by atoms with van der Waals surface area (Å²) < 4.78 is 5.07. The number of nitrogens with zero attached hydrogens (tertiary/aromatic N) is 2. The van der Waals surface area contributed by atoms with Gasteiger partial charge in [-0.1, -0.05) is 6.92 Å². The molecular weight excluding hydrogens is 258 g/mol. The quantitative estimate of drug-likeness (QED) is 0.586. The van der Waals surface area contributed by atoms with Crippen molar-refractivity contribution in [2.75, 3.05) is 32.6 Å². The first-order valence-corrected chi connectivity index (χ1v) is 6.75. The lowest BCUT2D eigenvalue weighted by Crippen LogP contribution is -2.32. The van der Waals surface area contributed by atoms with Crippen molar-refractivity contribution in [1.29, 1.82) is 0 Å². The van der Waals surface area contributed by atoms with E-state index in [4.69, 9.17) is 4.74 Å². The van der Waals surface area contributed by atoms with E-state index in [9.17, 15) is 10.1 Å². The van der Waals surface area contributed by atoms with E-state index in [0.717, 1.165) is 19.5 Å². The zero-order valence-corrected chi connectivity index (χ0v) is 12.5. The molecule has 1 unspecified atom stereocenters. The Morgan fingerprint density at radius 1 is 1.45 bits per heavy atom. The SMILES string of the molecule is CCC(C)N(C)CCNc1cc(OC)cc([N+](=O)[O-])c1. The minimum Gasteiger partial charge on any atom is -0.496 e. The zero-order valence-electron chi connectivity index (χ0n) is 12.5. The fourth-order valence-electron chi connectivity index (χ4n) is 1.82. The summed E-state index contributed by atoms with van der Waals surface area (Å²) in [5.74, 6) is 0.483. The monoisotopic (exact) mass is 281 g/mol. The summed E-state index contributed by atoms with van der Waals surface area (Å²) in [6.07, 6.45) is 1.10. The average Bonchev–Trinajstić information content (AvgIpc) is 2.45. The third-order valence-corrected chi connectivity index (χ3v) is 3.47. The summed E-state index contributed by atoms with van der Waals surface area (Å²) in [6.45, 7) is 5.93. The van der Waals surface area contributed by atoms with Crippen LogP contribution in [-0.2, 0) is 0 Å². The Balaban J connectivity index is 2.63. The summed E-state index contributed by atoms with van der Waals surface area (Å²) in [7, 11) is 3.57. The van der Waals surface area contributed by atoms with E-state index >= 15 is 0 Å². The predicted molar refractivity (Wildman–Crippen MR) is 80.5 cm³/mol. The number of hydrogen-bond acceptors (Lipinski definition) is 5. The molecule has 0 fully saturated rings. The lowest BCUT2D eigenvalue weighted by atomic mass is 10.2. The number of benzene rings is 1. The van der Waals surface area contributed by atoms with Gasteiger partial charge in [-0.2, -0.15) is 0 Å². The highest BCUT2D eigenvalue weighted by molar-refractivity contribution is 5.56. The Morgan fingerprint density at radius 2 is 2.15 bits per heavy atom. The Labute approximate surface area is 119 Å². The largest absolute Gasteiger partial charge is 0.496 e. The van der Waals surface area contributed by atoms with Crippen LogP contribution < -0.4 is 10.1 Å². The van der Waals surface area contributed by atoms with Gasteiger partial charge in [0.25, 0.3) is 5.69 Å². The second-order valence-electron chi connectivity index (χ2n) is 4.84.